The minimum absolute atomic E-state index is 0.102. The fourth-order valence-corrected chi connectivity index (χ4v) is 12.1. The normalized spacial score (nSPS) is 14.8. The van der Waals surface area contributed by atoms with Gasteiger partial charge in [-0.05, 0) is 37.5 Å². The molecule has 0 aliphatic carbocycles. The van der Waals surface area contributed by atoms with Gasteiger partial charge in [-0.2, -0.15) is 0 Å². The van der Waals surface area contributed by atoms with Gasteiger partial charge in [-0.3, -0.25) is 37.3 Å². The smallest absolute Gasteiger partial charge is 0.462 e. The van der Waals surface area contributed by atoms with Crippen molar-refractivity contribution in [2.24, 2.45) is 11.8 Å². The lowest BCUT2D eigenvalue weighted by Gasteiger charge is -2.21. The summed E-state index contributed by atoms with van der Waals surface area (Å²) in [5.74, 6) is -0.676. The Bertz CT molecular complexity index is 1740. The summed E-state index contributed by atoms with van der Waals surface area (Å²) in [5.41, 5.74) is 0. The lowest BCUT2D eigenvalue weighted by molar-refractivity contribution is -0.161. The number of phosphoric acid groups is 2. The van der Waals surface area contributed by atoms with Crippen LogP contribution in [0.5, 0.6) is 0 Å². The largest absolute Gasteiger partial charge is 0.472 e. The van der Waals surface area contributed by atoms with Crippen LogP contribution in [0.1, 0.15) is 356 Å². The Morgan fingerprint density at radius 2 is 0.539 bits per heavy atom. The van der Waals surface area contributed by atoms with E-state index in [9.17, 15) is 43.2 Å². The van der Waals surface area contributed by atoms with Crippen molar-refractivity contribution >= 4 is 39.5 Å². The molecule has 0 radical (unpaired) electrons. The predicted molar refractivity (Wildman–Crippen MR) is 358 cm³/mol. The van der Waals surface area contributed by atoms with E-state index in [1.54, 1.807) is 0 Å². The maximum absolute atomic E-state index is 13.0. The highest BCUT2D eigenvalue weighted by atomic mass is 31.2. The van der Waals surface area contributed by atoms with Crippen LogP contribution in [0.3, 0.4) is 0 Å². The van der Waals surface area contributed by atoms with Gasteiger partial charge >= 0.3 is 39.5 Å². The first-order chi connectivity index (χ1) is 42.9. The molecule has 0 saturated heterocycles. The first-order valence-electron chi connectivity index (χ1n) is 36.6. The van der Waals surface area contributed by atoms with E-state index >= 15 is 0 Å². The van der Waals surface area contributed by atoms with Gasteiger partial charge in [0.05, 0.1) is 26.4 Å². The molecule has 3 N–H and O–H groups in total. The van der Waals surface area contributed by atoms with Crippen LogP contribution in [-0.2, 0) is 65.4 Å². The number of phosphoric ester groups is 2. The van der Waals surface area contributed by atoms with Gasteiger partial charge in [0.2, 0.25) is 0 Å². The SMILES string of the molecule is CCCCCCCCCCCCCCCCCCCC(=O)O[C@H](COC(=O)CCCCCCCCCCCCCC)COP(=O)(O)OC[C@@H](O)COP(=O)(O)OC[C@@H](COC(=O)CCCCCCCCC(C)CC)OC(=O)CCCCCCCCC(C)CC. The Balaban J connectivity index is 5.23. The summed E-state index contributed by atoms with van der Waals surface area (Å²) in [6, 6.07) is 0. The van der Waals surface area contributed by atoms with Gasteiger partial charge in [-0.25, -0.2) is 9.13 Å². The van der Waals surface area contributed by atoms with Crippen molar-refractivity contribution in [3.63, 3.8) is 0 Å². The summed E-state index contributed by atoms with van der Waals surface area (Å²) in [4.78, 5) is 72.5. The molecule has 89 heavy (non-hydrogen) atoms. The minimum Gasteiger partial charge on any atom is -0.462 e. The quantitative estimate of drug-likeness (QED) is 0.0222. The van der Waals surface area contributed by atoms with Crippen LogP contribution in [0.15, 0.2) is 0 Å². The van der Waals surface area contributed by atoms with E-state index in [2.05, 4.69) is 41.5 Å². The molecule has 0 bridgehead atoms. The maximum atomic E-state index is 13.0. The Morgan fingerprint density at radius 1 is 0.315 bits per heavy atom. The highest BCUT2D eigenvalue weighted by Crippen LogP contribution is 2.45. The molecule has 0 heterocycles. The summed E-state index contributed by atoms with van der Waals surface area (Å²) in [6.07, 6.45) is 47.2. The zero-order valence-electron chi connectivity index (χ0n) is 57.7. The van der Waals surface area contributed by atoms with Crippen molar-refractivity contribution in [2.45, 2.75) is 374 Å². The third-order valence-corrected chi connectivity index (χ3v) is 18.8. The van der Waals surface area contributed by atoms with E-state index in [4.69, 9.17) is 37.0 Å². The Morgan fingerprint density at radius 3 is 0.798 bits per heavy atom. The molecule has 19 heteroatoms. The van der Waals surface area contributed by atoms with E-state index < -0.39 is 97.5 Å². The lowest BCUT2D eigenvalue weighted by Crippen LogP contribution is -2.30. The molecule has 0 aliphatic heterocycles. The zero-order chi connectivity index (χ0) is 65.7. The molecular weight excluding hydrogens is 1170 g/mol. The molecule has 528 valence electrons. The van der Waals surface area contributed by atoms with Gasteiger partial charge < -0.3 is 33.8 Å². The molecule has 0 spiro atoms. The van der Waals surface area contributed by atoms with Gasteiger partial charge in [0.1, 0.15) is 19.3 Å². The summed E-state index contributed by atoms with van der Waals surface area (Å²) >= 11 is 0. The molecule has 7 atom stereocenters. The molecular formula is C70H136O17P2. The number of rotatable bonds is 69. The van der Waals surface area contributed by atoms with Gasteiger partial charge in [-0.15, -0.1) is 0 Å². The third kappa shape index (κ3) is 62.0. The average Bonchev–Trinajstić information content (AvgIpc) is 3.61. The molecule has 0 rings (SSSR count). The van der Waals surface area contributed by atoms with E-state index in [0.717, 1.165) is 108 Å². The van der Waals surface area contributed by atoms with Gasteiger partial charge in [0.15, 0.2) is 12.2 Å². The molecule has 0 aromatic heterocycles. The van der Waals surface area contributed by atoms with Crippen molar-refractivity contribution in [3.8, 4) is 0 Å². The number of aliphatic hydroxyl groups excluding tert-OH is 1. The number of hydrogen-bond acceptors (Lipinski definition) is 15. The summed E-state index contributed by atoms with van der Waals surface area (Å²) in [5, 5.41) is 10.6. The van der Waals surface area contributed by atoms with Crippen molar-refractivity contribution in [1.82, 2.24) is 0 Å². The van der Waals surface area contributed by atoms with Crippen LogP contribution in [0.2, 0.25) is 0 Å². The van der Waals surface area contributed by atoms with Crippen molar-refractivity contribution in [3.05, 3.63) is 0 Å². The highest BCUT2D eigenvalue weighted by molar-refractivity contribution is 7.47. The number of unbranched alkanes of at least 4 members (excludes halogenated alkanes) is 37. The Labute approximate surface area is 543 Å². The number of aliphatic hydroxyl groups is 1. The topological polar surface area (TPSA) is 237 Å². The van der Waals surface area contributed by atoms with E-state index in [1.165, 1.54) is 167 Å². The zero-order valence-corrected chi connectivity index (χ0v) is 59.5. The third-order valence-electron chi connectivity index (χ3n) is 16.9. The number of carbonyl (C=O) groups excluding carboxylic acids is 4. The Hall–Kier alpha value is -1.94. The van der Waals surface area contributed by atoms with Crippen LogP contribution in [0.4, 0.5) is 0 Å². The summed E-state index contributed by atoms with van der Waals surface area (Å²) in [6.45, 7) is 9.46. The second-order valence-corrected chi connectivity index (χ2v) is 28.7. The van der Waals surface area contributed by atoms with Crippen molar-refractivity contribution in [2.75, 3.05) is 39.6 Å². The first-order valence-corrected chi connectivity index (χ1v) is 39.6. The lowest BCUT2D eigenvalue weighted by atomic mass is 10.00. The molecule has 0 saturated carbocycles. The predicted octanol–water partition coefficient (Wildman–Crippen LogP) is 20.0. The standard InChI is InChI=1S/C70H136O17P2/c1-7-11-13-15-17-19-21-23-24-25-26-27-29-31-33-42-48-54-69(74)86-65(58-80-67(72)52-46-40-32-30-28-22-20-18-16-14-12-8-2)60-84-88(76,77)82-56-64(71)57-83-89(78,79)85-61-66(87-70(75)55-49-43-37-35-39-45-51-63(6)10-4)59-81-68(73)53-47-41-36-34-38-44-50-62(5)9-3/h62-66,71H,7-61H2,1-6H3,(H,76,77)(H,78,79)/t62?,63?,64-,65-,66-/m1/s1. The number of ether oxygens (including phenoxy) is 4. The number of esters is 4. The molecule has 0 amide bonds. The molecule has 0 fully saturated rings. The van der Waals surface area contributed by atoms with Gasteiger partial charge in [0, 0.05) is 25.7 Å². The summed E-state index contributed by atoms with van der Waals surface area (Å²) in [7, 11) is -9.90. The first kappa shape index (κ1) is 87.1. The van der Waals surface area contributed by atoms with Gasteiger partial charge in [0.25, 0.3) is 0 Å². The molecule has 0 aromatic carbocycles. The minimum atomic E-state index is -4.95. The van der Waals surface area contributed by atoms with Crippen LogP contribution in [0, 0.1) is 11.8 Å². The van der Waals surface area contributed by atoms with E-state index in [1.807, 2.05) is 0 Å². The van der Waals surface area contributed by atoms with E-state index in [0.29, 0.717) is 25.7 Å². The van der Waals surface area contributed by atoms with Crippen LogP contribution in [0.25, 0.3) is 0 Å². The molecule has 0 aliphatic rings. The second kappa shape index (κ2) is 62.2. The van der Waals surface area contributed by atoms with Crippen LogP contribution in [-0.4, -0.2) is 96.7 Å². The number of hydrogen-bond donors (Lipinski definition) is 3. The number of carbonyl (C=O) groups is 4. The molecule has 0 aromatic rings. The van der Waals surface area contributed by atoms with Crippen LogP contribution >= 0.6 is 15.6 Å². The maximum Gasteiger partial charge on any atom is 0.472 e. The molecule has 17 nitrogen and oxygen atoms in total. The molecule has 4 unspecified atom stereocenters. The Kier molecular flexibility index (Phi) is 60.8. The van der Waals surface area contributed by atoms with E-state index in [-0.39, 0.29) is 25.7 Å². The second-order valence-electron chi connectivity index (χ2n) is 25.8. The van der Waals surface area contributed by atoms with Gasteiger partial charge in [-0.1, -0.05) is 305 Å². The highest BCUT2D eigenvalue weighted by Gasteiger charge is 2.30. The van der Waals surface area contributed by atoms with Crippen molar-refractivity contribution in [1.29, 1.82) is 0 Å². The van der Waals surface area contributed by atoms with Crippen LogP contribution < -0.4 is 0 Å². The monoisotopic (exact) mass is 1310 g/mol. The fraction of sp³-hybridized carbons (Fsp3) is 0.943. The summed E-state index contributed by atoms with van der Waals surface area (Å²) < 4.78 is 68.3. The average molecular weight is 1310 g/mol. The van der Waals surface area contributed by atoms with Crippen molar-refractivity contribution < 1.29 is 80.2 Å². The fourth-order valence-electron chi connectivity index (χ4n) is 10.5.